The second kappa shape index (κ2) is 13.4. The van der Waals surface area contributed by atoms with Crippen molar-refractivity contribution in [2.24, 2.45) is 16.6 Å². The molecule has 1 heterocycles. The molecule has 5 heteroatoms. The number of aliphatic imine (C=N–C) groups is 1. The summed E-state index contributed by atoms with van der Waals surface area (Å²) in [5.74, 6) is 1.27. The van der Waals surface area contributed by atoms with Gasteiger partial charge in [0.1, 0.15) is 0 Å². The van der Waals surface area contributed by atoms with Gasteiger partial charge in [0.2, 0.25) is 0 Å². The Morgan fingerprint density at radius 3 is 2.60 bits per heavy atom. The molecule has 1 fully saturated rings. The van der Waals surface area contributed by atoms with Crippen LogP contribution in [0.2, 0.25) is 0 Å². The average molecular weight is 459 g/mol. The zero-order valence-electron chi connectivity index (χ0n) is 15.5. The normalized spacial score (nSPS) is 16.9. The Hall–Kier alpha value is -0.820. The molecule has 1 atom stereocenters. The van der Waals surface area contributed by atoms with Gasteiger partial charge in [-0.2, -0.15) is 0 Å². The highest BCUT2D eigenvalue weighted by Gasteiger charge is 2.20. The molecule has 4 nitrogen and oxygen atoms in total. The summed E-state index contributed by atoms with van der Waals surface area (Å²) in [5, 5.41) is 3.46. The van der Waals surface area contributed by atoms with Crippen molar-refractivity contribution in [1.29, 1.82) is 0 Å². The Morgan fingerprint density at radius 2 is 1.92 bits per heavy atom. The fraction of sp³-hybridized carbons (Fsp3) is 0.650. The SMILES string of the molecule is CCCCCCN=C(N)NC(CC1CCOCC1)c1ccccc1.I. The van der Waals surface area contributed by atoms with Crippen LogP contribution in [0.15, 0.2) is 35.3 Å². The summed E-state index contributed by atoms with van der Waals surface area (Å²) in [4.78, 5) is 4.51. The zero-order valence-corrected chi connectivity index (χ0v) is 17.8. The third-order valence-electron chi connectivity index (χ3n) is 4.73. The minimum Gasteiger partial charge on any atom is -0.381 e. The van der Waals surface area contributed by atoms with Gasteiger partial charge < -0.3 is 15.8 Å². The Bertz CT molecular complexity index is 475. The Balaban J connectivity index is 0.00000312. The molecule has 1 saturated heterocycles. The first-order valence-corrected chi connectivity index (χ1v) is 9.48. The predicted octanol–water partition coefficient (Wildman–Crippen LogP) is 4.65. The summed E-state index contributed by atoms with van der Waals surface area (Å²) in [6.45, 7) is 4.80. The second-order valence-electron chi connectivity index (χ2n) is 6.73. The molecule has 0 aliphatic carbocycles. The van der Waals surface area contributed by atoms with E-state index in [0.29, 0.717) is 11.9 Å². The number of benzene rings is 1. The number of nitrogens with zero attached hydrogens (tertiary/aromatic N) is 1. The molecular formula is C20H34IN3O. The van der Waals surface area contributed by atoms with E-state index in [1.165, 1.54) is 24.8 Å². The van der Waals surface area contributed by atoms with Crippen molar-refractivity contribution < 1.29 is 4.74 Å². The molecule has 0 radical (unpaired) electrons. The van der Waals surface area contributed by atoms with Crippen molar-refractivity contribution in [2.75, 3.05) is 19.8 Å². The lowest BCUT2D eigenvalue weighted by molar-refractivity contribution is 0.0612. The minimum absolute atomic E-state index is 0. The van der Waals surface area contributed by atoms with Crippen LogP contribution >= 0.6 is 24.0 Å². The number of guanidine groups is 1. The van der Waals surface area contributed by atoms with E-state index in [1.54, 1.807) is 0 Å². The first-order chi connectivity index (χ1) is 11.8. The van der Waals surface area contributed by atoms with E-state index < -0.39 is 0 Å². The Kier molecular flexibility index (Phi) is 11.9. The largest absolute Gasteiger partial charge is 0.381 e. The summed E-state index contributed by atoms with van der Waals surface area (Å²) in [5.41, 5.74) is 7.43. The van der Waals surface area contributed by atoms with E-state index in [2.05, 4.69) is 47.6 Å². The van der Waals surface area contributed by atoms with Gasteiger partial charge in [0, 0.05) is 19.8 Å². The van der Waals surface area contributed by atoms with Crippen LogP contribution in [-0.2, 0) is 4.74 Å². The molecule has 3 N–H and O–H groups in total. The van der Waals surface area contributed by atoms with Gasteiger partial charge in [0.05, 0.1) is 6.04 Å². The Morgan fingerprint density at radius 1 is 1.20 bits per heavy atom. The lowest BCUT2D eigenvalue weighted by Crippen LogP contribution is -2.36. The first-order valence-electron chi connectivity index (χ1n) is 9.48. The number of rotatable bonds is 9. The quantitative estimate of drug-likeness (QED) is 0.245. The van der Waals surface area contributed by atoms with Crippen LogP contribution in [0.4, 0.5) is 0 Å². The molecule has 0 bridgehead atoms. The lowest BCUT2D eigenvalue weighted by Gasteiger charge is -2.28. The van der Waals surface area contributed by atoms with E-state index in [-0.39, 0.29) is 30.0 Å². The summed E-state index contributed by atoms with van der Waals surface area (Å²) < 4.78 is 5.48. The molecule has 1 unspecified atom stereocenters. The van der Waals surface area contributed by atoms with Crippen molar-refractivity contribution in [3.8, 4) is 0 Å². The summed E-state index contributed by atoms with van der Waals surface area (Å²) in [7, 11) is 0. The molecule has 0 aromatic heterocycles. The first kappa shape index (κ1) is 22.2. The van der Waals surface area contributed by atoms with Crippen LogP contribution in [0.1, 0.15) is 63.5 Å². The van der Waals surface area contributed by atoms with Crippen molar-refractivity contribution in [3.05, 3.63) is 35.9 Å². The van der Waals surface area contributed by atoms with Gasteiger partial charge in [-0.1, -0.05) is 56.5 Å². The number of halogens is 1. The smallest absolute Gasteiger partial charge is 0.189 e. The number of nitrogens with one attached hydrogen (secondary N) is 1. The highest BCUT2D eigenvalue weighted by molar-refractivity contribution is 14.0. The van der Waals surface area contributed by atoms with Crippen LogP contribution in [0, 0.1) is 5.92 Å². The predicted molar refractivity (Wildman–Crippen MR) is 117 cm³/mol. The van der Waals surface area contributed by atoms with Gasteiger partial charge in [-0.25, -0.2) is 0 Å². The minimum atomic E-state index is 0. The van der Waals surface area contributed by atoms with Crippen molar-refractivity contribution in [1.82, 2.24) is 5.32 Å². The highest BCUT2D eigenvalue weighted by Crippen LogP contribution is 2.27. The molecule has 1 aromatic carbocycles. The average Bonchev–Trinajstić information content (AvgIpc) is 2.62. The van der Waals surface area contributed by atoms with Crippen LogP contribution in [-0.4, -0.2) is 25.7 Å². The molecule has 1 aliphatic heterocycles. The molecule has 142 valence electrons. The van der Waals surface area contributed by atoms with Gasteiger partial charge in [0.25, 0.3) is 0 Å². The van der Waals surface area contributed by atoms with E-state index in [0.717, 1.165) is 45.4 Å². The second-order valence-corrected chi connectivity index (χ2v) is 6.73. The number of ether oxygens (including phenoxy) is 1. The molecule has 1 aromatic rings. The molecule has 2 rings (SSSR count). The maximum Gasteiger partial charge on any atom is 0.189 e. The van der Waals surface area contributed by atoms with Crippen LogP contribution in [0.3, 0.4) is 0 Å². The molecular weight excluding hydrogens is 425 g/mol. The summed E-state index contributed by atoms with van der Waals surface area (Å²) in [6.07, 6.45) is 8.24. The zero-order chi connectivity index (χ0) is 17.0. The van der Waals surface area contributed by atoms with Crippen molar-refractivity contribution >= 4 is 29.9 Å². The van der Waals surface area contributed by atoms with E-state index in [9.17, 15) is 0 Å². The van der Waals surface area contributed by atoms with Crippen LogP contribution in [0.25, 0.3) is 0 Å². The molecule has 0 amide bonds. The topological polar surface area (TPSA) is 59.6 Å². The van der Waals surface area contributed by atoms with Crippen molar-refractivity contribution in [2.45, 2.75) is 57.9 Å². The molecule has 0 saturated carbocycles. The van der Waals surface area contributed by atoms with E-state index in [4.69, 9.17) is 10.5 Å². The Labute approximate surface area is 170 Å². The van der Waals surface area contributed by atoms with Gasteiger partial charge >= 0.3 is 0 Å². The van der Waals surface area contributed by atoms with Gasteiger partial charge in [-0.15, -0.1) is 24.0 Å². The monoisotopic (exact) mass is 459 g/mol. The fourth-order valence-electron chi connectivity index (χ4n) is 3.24. The third kappa shape index (κ3) is 8.90. The van der Waals surface area contributed by atoms with Crippen LogP contribution in [0.5, 0.6) is 0 Å². The van der Waals surface area contributed by atoms with Gasteiger partial charge in [-0.3, -0.25) is 4.99 Å². The van der Waals surface area contributed by atoms with Gasteiger partial charge in [-0.05, 0) is 37.2 Å². The maximum absolute atomic E-state index is 6.15. The lowest BCUT2D eigenvalue weighted by atomic mass is 9.89. The third-order valence-corrected chi connectivity index (χ3v) is 4.73. The molecule has 0 spiro atoms. The number of hydrogen-bond donors (Lipinski definition) is 2. The number of unbranched alkanes of at least 4 members (excludes halogenated alkanes) is 3. The van der Waals surface area contributed by atoms with Crippen molar-refractivity contribution in [3.63, 3.8) is 0 Å². The molecule has 25 heavy (non-hydrogen) atoms. The van der Waals surface area contributed by atoms with E-state index in [1.807, 2.05) is 0 Å². The number of hydrogen-bond acceptors (Lipinski definition) is 2. The summed E-state index contributed by atoms with van der Waals surface area (Å²) >= 11 is 0. The molecule has 1 aliphatic rings. The van der Waals surface area contributed by atoms with Gasteiger partial charge in [0.15, 0.2) is 5.96 Å². The fourth-order valence-corrected chi connectivity index (χ4v) is 3.24. The maximum atomic E-state index is 6.15. The van der Waals surface area contributed by atoms with E-state index >= 15 is 0 Å². The summed E-state index contributed by atoms with van der Waals surface area (Å²) in [6, 6.07) is 10.8. The van der Waals surface area contributed by atoms with Crippen LogP contribution < -0.4 is 11.1 Å². The number of nitrogens with two attached hydrogens (primary N) is 1. The highest BCUT2D eigenvalue weighted by atomic mass is 127. The standard InChI is InChI=1S/C20H33N3O.HI/c1-2-3-4-8-13-22-20(21)23-19(18-9-6-5-7-10-18)16-17-11-14-24-15-12-17;/h5-7,9-10,17,19H,2-4,8,11-16H2,1H3,(H3,21,22,23);1H.